The first-order valence-corrected chi connectivity index (χ1v) is 6.43. The maximum absolute atomic E-state index is 12.5. The molecule has 4 nitrogen and oxygen atoms in total. The van der Waals surface area contributed by atoms with E-state index < -0.39 is 27.0 Å². The van der Waals surface area contributed by atoms with Gasteiger partial charge in [-0.3, -0.25) is 0 Å². The minimum Gasteiger partial charge on any atom is -0.318 e. The van der Waals surface area contributed by atoms with Gasteiger partial charge in [0, 0.05) is 6.54 Å². The molecule has 1 fully saturated rings. The Bertz CT molecular complexity index is 349. The van der Waals surface area contributed by atoms with Crippen molar-refractivity contribution in [1.29, 1.82) is 0 Å². The number of hydrogen-bond donors (Lipinski definition) is 2. The van der Waals surface area contributed by atoms with E-state index in [9.17, 15) is 21.6 Å². The quantitative estimate of drug-likeness (QED) is 0.761. The molecule has 8 heteroatoms. The van der Waals surface area contributed by atoms with Crippen molar-refractivity contribution in [1.82, 2.24) is 10.0 Å². The largest absolute Gasteiger partial charge is 0.407 e. The number of alkyl halides is 3. The number of hydrogen-bond acceptors (Lipinski definition) is 3. The first kappa shape index (κ1) is 13.7. The van der Waals surface area contributed by atoms with Crippen molar-refractivity contribution in [2.45, 2.75) is 36.7 Å². The number of nitrogens with one attached hydrogen (secondary N) is 2. The summed E-state index contributed by atoms with van der Waals surface area (Å²) < 4.78 is 62.5. The van der Waals surface area contributed by atoms with Crippen LogP contribution in [0.15, 0.2) is 0 Å². The van der Waals surface area contributed by atoms with Crippen LogP contribution in [0.4, 0.5) is 13.2 Å². The Hall–Kier alpha value is -0.340. The average Bonchev–Trinajstić information content (AvgIpc) is 2.84. The molecule has 0 amide bonds. The minimum atomic E-state index is -4.51. The van der Waals surface area contributed by atoms with Crippen molar-refractivity contribution >= 4 is 10.0 Å². The molecule has 1 rings (SSSR count). The lowest BCUT2D eigenvalue weighted by molar-refractivity contribution is -0.160. The van der Waals surface area contributed by atoms with Crippen LogP contribution in [0.5, 0.6) is 0 Å². The maximum Gasteiger partial charge on any atom is 0.407 e. The third kappa shape index (κ3) is 2.67. The zero-order valence-electron chi connectivity index (χ0n) is 9.06. The molecule has 16 heavy (non-hydrogen) atoms. The van der Waals surface area contributed by atoms with Gasteiger partial charge in [0.25, 0.3) is 0 Å². The summed E-state index contributed by atoms with van der Waals surface area (Å²) in [6.45, 7) is 1.48. The normalized spacial score (nSPS) is 21.8. The molecule has 0 aliphatic heterocycles. The van der Waals surface area contributed by atoms with Crippen molar-refractivity contribution in [3.63, 3.8) is 0 Å². The highest BCUT2D eigenvalue weighted by Crippen LogP contribution is 2.49. The van der Waals surface area contributed by atoms with E-state index in [2.05, 4.69) is 5.32 Å². The van der Waals surface area contributed by atoms with Gasteiger partial charge in [0.1, 0.15) is 5.54 Å². The molecule has 96 valence electrons. The first-order valence-electron chi connectivity index (χ1n) is 4.89. The second-order valence-corrected chi connectivity index (χ2v) is 6.19. The fraction of sp³-hybridized carbons (Fsp3) is 1.00. The lowest BCUT2D eigenvalue weighted by Crippen LogP contribution is -2.51. The Kier molecular flexibility index (Phi) is 3.56. The summed E-state index contributed by atoms with van der Waals surface area (Å²) in [6.07, 6.45) is -4.87. The van der Waals surface area contributed by atoms with E-state index in [0.29, 0.717) is 0 Å². The van der Waals surface area contributed by atoms with Crippen LogP contribution < -0.4 is 10.0 Å². The average molecular weight is 260 g/mol. The van der Waals surface area contributed by atoms with Crippen molar-refractivity contribution in [2.75, 3.05) is 13.6 Å². The highest BCUT2D eigenvalue weighted by Gasteiger charge is 2.65. The SMILES string of the molecule is CNCC(C)S(=O)(=O)NC1(C(F)(F)F)CC1. The van der Waals surface area contributed by atoms with Crippen LogP contribution in [-0.2, 0) is 10.0 Å². The molecule has 0 saturated heterocycles. The first-order chi connectivity index (χ1) is 7.15. The maximum atomic E-state index is 12.5. The molecule has 0 aromatic heterocycles. The molecule has 1 aliphatic carbocycles. The summed E-state index contributed by atoms with van der Waals surface area (Å²) in [5.41, 5.74) is -2.21. The molecule has 0 heterocycles. The molecular weight excluding hydrogens is 245 g/mol. The molecule has 0 spiro atoms. The van der Waals surface area contributed by atoms with Gasteiger partial charge in [-0.1, -0.05) is 0 Å². The second-order valence-electron chi connectivity index (χ2n) is 4.10. The Labute approximate surface area is 92.6 Å². The highest BCUT2D eigenvalue weighted by atomic mass is 32.2. The van der Waals surface area contributed by atoms with Crippen LogP contribution in [0.25, 0.3) is 0 Å². The Morgan fingerprint density at radius 1 is 1.38 bits per heavy atom. The fourth-order valence-corrected chi connectivity index (χ4v) is 2.79. The van der Waals surface area contributed by atoms with Crippen molar-refractivity contribution in [2.24, 2.45) is 0 Å². The van der Waals surface area contributed by atoms with Gasteiger partial charge in [0.15, 0.2) is 0 Å². The van der Waals surface area contributed by atoms with E-state index in [1.165, 1.54) is 6.92 Å². The standard InChI is InChI=1S/C8H15F3N2O2S/c1-6(5-12-2)16(14,15)13-7(3-4-7)8(9,10)11/h6,12-13H,3-5H2,1-2H3. The molecule has 0 radical (unpaired) electrons. The van der Waals surface area contributed by atoms with Gasteiger partial charge in [-0.15, -0.1) is 0 Å². The van der Waals surface area contributed by atoms with E-state index in [-0.39, 0.29) is 19.4 Å². The molecule has 0 aromatic carbocycles. The predicted molar refractivity (Wildman–Crippen MR) is 53.5 cm³/mol. The summed E-state index contributed by atoms with van der Waals surface area (Å²) in [7, 11) is -2.39. The van der Waals surface area contributed by atoms with Crippen LogP contribution in [0.3, 0.4) is 0 Å². The van der Waals surface area contributed by atoms with E-state index >= 15 is 0 Å². The molecule has 0 aromatic rings. The number of halogens is 3. The Morgan fingerprint density at radius 2 is 1.88 bits per heavy atom. The van der Waals surface area contributed by atoms with Crippen LogP contribution in [0.2, 0.25) is 0 Å². The molecule has 1 aliphatic rings. The smallest absolute Gasteiger partial charge is 0.318 e. The van der Waals surface area contributed by atoms with Crippen LogP contribution in [0.1, 0.15) is 19.8 Å². The van der Waals surface area contributed by atoms with E-state index in [1.807, 2.05) is 0 Å². The molecule has 2 N–H and O–H groups in total. The number of sulfonamides is 1. The monoisotopic (exact) mass is 260 g/mol. The summed E-state index contributed by atoms with van der Waals surface area (Å²) in [5, 5.41) is 1.73. The van der Waals surface area contributed by atoms with Crippen LogP contribution in [0, 0.1) is 0 Å². The van der Waals surface area contributed by atoms with Gasteiger partial charge in [-0.05, 0) is 26.8 Å². The third-order valence-corrected chi connectivity index (χ3v) is 4.55. The predicted octanol–water partition coefficient (Wildman–Crippen LogP) is 0.609. The Morgan fingerprint density at radius 3 is 2.19 bits per heavy atom. The molecule has 1 atom stereocenters. The van der Waals surface area contributed by atoms with Gasteiger partial charge in [0.05, 0.1) is 5.25 Å². The van der Waals surface area contributed by atoms with E-state index in [0.717, 1.165) is 0 Å². The zero-order valence-corrected chi connectivity index (χ0v) is 9.87. The summed E-state index contributed by atoms with van der Waals surface area (Å²) >= 11 is 0. The van der Waals surface area contributed by atoms with Gasteiger partial charge >= 0.3 is 6.18 Å². The molecular formula is C8H15F3N2O2S. The molecule has 0 bridgehead atoms. The van der Waals surface area contributed by atoms with Crippen LogP contribution in [-0.4, -0.2) is 39.0 Å². The lowest BCUT2D eigenvalue weighted by atomic mass is 10.3. The number of rotatable bonds is 5. The van der Waals surface area contributed by atoms with E-state index in [1.54, 1.807) is 11.8 Å². The van der Waals surface area contributed by atoms with Gasteiger partial charge in [-0.25, -0.2) is 8.42 Å². The minimum absolute atomic E-state index is 0.114. The van der Waals surface area contributed by atoms with E-state index in [4.69, 9.17) is 0 Å². The highest BCUT2D eigenvalue weighted by molar-refractivity contribution is 7.90. The van der Waals surface area contributed by atoms with Gasteiger partial charge in [-0.2, -0.15) is 17.9 Å². The molecule has 1 unspecified atom stereocenters. The molecule has 1 saturated carbocycles. The van der Waals surface area contributed by atoms with Crippen LogP contribution >= 0.6 is 0 Å². The summed E-state index contributed by atoms with van der Waals surface area (Å²) in [6, 6.07) is 0. The van der Waals surface area contributed by atoms with Crippen molar-refractivity contribution in [3.05, 3.63) is 0 Å². The topological polar surface area (TPSA) is 58.2 Å². The zero-order chi connectivity index (χ0) is 12.6. The second kappa shape index (κ2) is 4.15. The summed E-state index contributed by atoms with van der Waals surface area (Å²) in [4.78, 5) is 0. The Balaban J connectivity index is 2.75. The van der Waals surface area contributed by atoms with Crippen molar-refractivity contribution < 1.29 is 21.6 Å². The van der Waals surface area contributed by atoms with Gasteiger partial charge < -0.3 is 5.32 Å². The van der Waals surface area contributed by atoms with Crippen molar-refractivity contribution in [3.8, 4) is 0 Å². The summed E-state index contributed by atoms with van der Waals surface area (Å²) in [5.74, 6) is 0. The fourth-order valence-electron chi connectivity index (χ4n) is 1.34. The van der Waals surface area contributed by atoms with Gasteiger partial charge in [0.2, 0.25) is 10.0 Å². The lowest BCUT2D eigenvalue weighted by Gasteiger charge is -2.23. The third-order valence-electron chi connectivity index (χ3n) is 2.65.